The Balaban J connectivity index is 5.57. The lowest BCUT2D eigenvalue weighted by molar-refractivity contribution is -0.161. The van der Waals surface area contributed by atoms with Gasteiger partial charge in [0.05, 0.1) is 32.8 Å². The molecule has 0 spiro atoms. The molecule has 0 aromatic heterocycles. The molecule has 560 valence electrons. The molecule has 0 aliphatic rings. The smallest absolute Gasteiger partial charge is 0.462 e. The van der Waals surface area contributed by atoms with Crippen LogP contribution >= 0.6 is 15.6 Å². The summed E-state index contributed by atoms with van der Waals surface area (Å²) in [6.07, 6.45) is 87.4. The Labute approximate surface area is 601 Å². The number of hydrogen-bond acceptors (Lipinski definition) is 15. The van der Waals surface area contributed by atoms with Crippen LogP contribution in [0.15, 0.2) is 207 Å². The number of esters is 4. The summed E-state index contributed by atoms with van der Waals surface area (Å²) in [5, 5.41) is 10.6. The van der Waals surface area contributed by atoms with Crippen LogP contribution in [0.25, 0.3) is 0 Å². The molecule has 0 saturated carbocycles. The van der Waals surface area contributed by atoms with E-state index in [1.54, 1.807) is 6.08 Å². The number of phosphoric ester groups is 2. The van der Waals surface area contributed by atoms with E-state index in [9.17, 15) is 43.2 Å². The number of ether oxygens (including phenoxy) is 4. The molecule has 5 unspecified atom stereocenters. The number of phosphoric acid groups is 2. The summed E-state index contributed by atoms with van der Waals surface area (Å²) in [7, 11) is -10.0. The van der Waals surface area contributed by atoms with Crippen LogP contribution in [0, 0.1) is 0 Å². The lowest BCUT2D eigenvalue weighted by atomic mass is 10.1. The van der Waals surface area contributed by atoms with Crippen LogP contribution in [0.4, 0.5) is 0 Å². The molecule has 0 fully saturated rings. The largest absolute Gasteiger partial charge is 0.472 e. The Morgan fingerprint density at radius 2 is 0.520 bits per heavy atom. The zero-order valence-electron chi connectivity index (χ0n) is 60.8. The number of carbonyl (C=O) groups is 4. The van der Waals surface area contributed by atoms with Gasteiger partial charge >= 0.3 is 39.5 Å². The maximum Gasteiger partial charge on any atom is 0.472 e. The Morgan fingerprint density at radius 3 is 0.800 bits per heavy atom. The van der Waals surface area contributed by atoms with Crippen molar-refractivity contribution >= 4 is 39.5 Å². The van der Waals surface area contributed by atoms with Crippen LogP contribution in [0.3, 0.4) is 0 Å². The predicted octanol–water partition coefficient (Wildman–Crippen LogP) is 20.8. The fourth-order valence-electron chi connectivity index (χ4n) is 8.38. The molecule has 0 heterocycles. The number of allylic oxidation sites excluding steroid dienone is 33. The van der Waals surface area contributed by atoms with Crippen molar-refractivity contribution in [1.82, 2.24) is 0 Å². The third kappa shape index (κ3) is 70.1. The van der Waals surface area contributed by atoms with Crippen molar-refractivity contribution in [2.45, 2.75) is 239 Å². The molecule has 0 radical (unpaired) electrons. The van der Waals surface area contributed by atoms with Crippen molar-refractivity contribution < 1.29 is 80.2 Å². The van der Waals surface area contributed by atoms with E-state index in [0.717, 1.165) is 128 Å². The fourth-order valence-corrected chi connectivity index (χ4v) is 9.96. The highest BCUT2D eigenvalue weighted by atomic mass is 31.2. The van der Waals surface area contributed by atoms with E-state index in [1.165, 1.54) is 0 Å². The number of carbonyl (C=O) groups excluding carboxylic acids is 4. The molecule has 0 aliphatic heterocycles. The van der Waals surface area contributed by atoms with Crippen molar-refractivity contribution in [2.75, 3.05) is 39.6 Å². The Bertz CT molecular complexity index is 2720. The molecule has 0 bridgehead atoms. The molecule has 17 nitrogen and oxygen atoms in total. The fraction of sp³-hybridized carbons (Fsp3) is 0.531. The van der Waals surface area contributed by atoms with E-state index >= 15 is 0 Å². The summed E-state index contributed by atoms with van der Waals surface area (Å²) >= 11 is 0. The van der Waals surface area contributed by atoms with Crippen LogP contribution in [0.1, 0.15) is 220 Å². The SMILES string of the molecule is CC/C=C\C/C=C\C/C=C\C/C=C\C/C=C\CC(=O)OCC(COP(=O)(O)OCC(O)COP(=O)(O)OCC(COC(=O)CCCC/C=C\C/C=C\C/C=C\C/C=C\CC)OC(=O)CCCC/C=C\C/C=C\C/C=C\C/C=C\CC)OC(=O)CCCC/C=C\C/C=C\C/C=C\C/C=C\CC. The second-order valence-electron chi connectivity index (χ2n) is 23.0. The second-order valence-corrected chi connectivity index (χ2v) is 25.9. The molecule has 3 N–H and O–H groups in total. The first kappa shape index (κ1) is 93.6. The molecule has 19 heteroatoms. The van der Waals surface area contributed by atoms with Crippen molar-refractivity contribution in [3.8, 4) is 0 Å². The van der Waals surface area contributed by atoms with Gasteiger partial charge in [0.15, 0.2) is 12.2 Å². The van der Waals surface area contributed by atoms with Crippen molar-refractivity contribution in [3.05, 3.63) is 207 Å². The third-order valence-corrected chi connectivity index (χ3v) is 15.7. The van der Waals surface area contributed by atoms with Gasteiger partial charge in [0.1, 0.15) is 19.3 Å². The summed E-state index contributed by atoms with van der Waals surface area (Å²) in [5.41, 5.74) is 0. The maximum atomic E-state index is 13.1. The van der Waals surface area contributed by atoms with Crippen LogP contribution in [-0.2, 0) is 65.4 Å². The van der Waals surface area contributed by atoms with Crippen LogP contribution in [0.2, 0.25) is 0 Å². The highest BCUT2D eigenvalue weighted by molar-refractivity contribution is 7.47. The Hall–Kier alpha value is -6.36. The number of aliphatic hydroxyl groups excluding tert-OH is 1. The minimum absolute atomic E-state index is 0.0119. The van der Waals surface area contributed by atoms with Gasteiger partial charge in [-0.2, -0.15) is 0 Å². The van der Waals surface area contributed by atoms with Gasteiger partial charge in [-0.3, -0.25) is 37.3 Å². The van der Waals surface area contributed by atoms with E-state index in [2.05, 4.69) is 198 Å². The number of rotatable bonds is 65. The predicted molar refractivity (Wildman–Crippen MR) is 408 cm³/mol. The van der Waals surface area contributed by atoms with Crippen LogP contribution in [-0.4, -0.2) is 96.7 Å². The van der Waals surface area contributed by atoms with Gasteiger partial charge in [0.2, 0.25) is 0 Å². The first-order chi connectivity index (χ1) is 48.7. The van der Waals surface area contributed by atoms with Gasteiger partial charge in [0, 0.05) is 19.3 Å². The number of aliphatic hydroxyl groups is 1. The molecule has 0 aliphatic carbocycles. The molecule has 0 saturated heterocycles. The monoisotopic (exact) mass is 1430 g/mol. The van der Waals surface area contributed by atoms with Crippen molar-refractivity contribution in [2.24, 2.45) is 0 Å². The zero-order valence-corrected chi connectivity index (χ0v) is 62.6. The number of unbranched alkanes of at least 4 members (excludes halogenated alkanes) is 6. The first-order valence-electron chi connectivity index (χ1n) is 36.3. The Kier molecular flexibility index (Phi) is 66.5. The van der Waals surface area contributed by atoms with Gasteiger partial charge < -0.3 is 33.8 Å². The van der Waals surface area contributed by atoms with E-state index < -0.39 is 97.5 Å². The highest BCUT2D eigenvalue weighted by Gasteiger charge is 2.30. The van der Waals surface area contributed by atoms with Gasteiger partial charge in [0.25, 0.3) is 0 Å². The van der Waals surface area contributed by atoms with Gasteiger partial charge in [-0.1, -0.05) is 234 Å². The first-order valence-corrected chi connectivity index (χ1v) is 39.3. The molecule has 0 amide bonds. The summed E-state index contributed by atoms with van der Waals surface area (Å²) in [6, 6.07) is 0. The lowest BCUT2D eigenvalue weighted by Crippen LogP contribution is -2.30. The number of hydrogen-bond donors (Lipinski definition) is 3. The highest BCUT2D eigenvalue weighted by Crippen LogP contribution is 2.45. The van der Waals surface area contributed by atoms with E-state index in [4.69, 9.17) is 37.0 Å². The topological polar surface area (TPSA) is 237 Å². The molecule has 5 atom stereocenters. The maximum absolute atomic E-state index is 13.1. The minimum atomic E-state index is -5.02. The average molecular weight is 1430 g/mol. The summed E-state index contributed by atoms with van der Waals surface area (Å²) in [6.45, 7) is 4.08. The van der Waals surface area contributed by atoms with Crippen LogP contribution < -0.4 is 0 Å². The standard InChI is InChI=1S/C81H124O17P2/c1-5-9-13-17-21-25-29-33-37-41-45-49-53-57-61-65-78(83)91-71-76(97-80(85)67-63-59-55-51-47-43-39-35-31-27-23-19-15-11-7-3)73-95-99(87,88)93-69-75(82)70-94-100(89,90)96-74-77(98-81(86)68-64-60-56-52-48-44-40-36-32-28-24-20-16-12-8-4)72-92-79(84)66-62-58-54-50-46-42-38-34-30-26-22-18-14-10-6-2/h9-16,21-28,33-40,45-52,57,61,75-77,82H,5-8,17-20,29-32,41-44,53-56,58-60,62-74H2,1-4H3,(H,87,88)(H,89,90)/b13-9-,14-10-,15-11-,16-12-,25-21-,26-22-,27-23-,28-24-,37-33-,38-34-,39-35-,40-36-,49-45-,50-46-,51-47-,52-48-,61-57-. The van der Waals surface area contributed by atoms with Crippen LogP contribution in [0.5, 0.6) is 0 Å². The lowest BCUT2D eigenvalue weighted by Gasteiger charge is -2.21. The van der Waals surface area contributed by atoms with Crippen molar-refractivity contribution in [1.29, 1.82) is 0 Å². The molecule has 0 aromatic carbocycles. The summed E-state index contributed by atoms with van der Waals surface area (Å²) in [5.74, 6) is -2.50. The minimum Gasteiger partial charge on any atom is -0.462 e. The van der Waals surface area contributed by atoms with Gasteiger partial charge in [-0.25, -0.2) is 9.13 Å². The normalized spacial score (nSPS) is 15.2. The Morgan fingerprint density at radius 1 is 0.290 bits per heavy atom. The van der Waals surface area contributed by atoms with E-state index in [-0.39, 0.29) is 25.7 Å². The summed E-state index contributed by atoms with van der Waals surface area (Å²) < 4.78 is 68.1. The second kappa shape index (κ2) is 71.1. The quantitative estimate of drug-likeness (QED) is 0.0169. The van der Waals surface area contributed by atoms with E-state index in [1.807, 2.05) is 30.4 Å². The molecular weight excluding hydrogens is 1310 g/mol. The molecule has 0 aromatic rings. The van der Waals surface area contributed by atoms with Crippen molar-refractivity contribution in [3.63, 3.8) is 0 Å². The van der Waals surface area contributed by atoms with Gasteiger partial charge in [-0.15, -0.1) is 0 Å². The average Bonchev–Trinajstić information content (AvgIpc) is 1.01. The van der Waals surface area contributed by atoms with Gasteiger partial charge in [-0.05, 0) is 167 Å². The molecular formula is C81H124O17P2. The molecule has 100 heavy (non-hydrogen) atoms. The van der Waals surface area contributed by atoms with E-state index in [0.29, 0.717) is 38.5 Å². The zero-order chi connectivity index (χ0) is 73.2. The molecule has 0 rings (SSSR count). The summed E-state index contributed by atoms with van der Waals surface area (Å²) in [4.78, 5) is 72.7. The third-order valence-electron chi connectivity index (χ3n) is 13.8.